The second-order valence-corrected chi connectivity index (χ2v) is 5.01. The minimum absolute atomic E-state index is 0.246. The summed E-state index contributed by atoms with van der Waals surface area (Å²) >= 11 is 0. The van der Waals surface area contributed by atoms with Gasteiger partial charge in [-0.15, -0.1) is 0 Å². The normalized spacial score (nSPS) is 15.0. The van der Waals surface area contributed by atoms with Crippen LogP contribution in [-0.2, 0) is 19.2 Å². The Kier molecular flexibility index (Phi) is 5.01. The topological polar surface area (TPSA) is 107 Å². The van der Waals surface area contributed by atoms with Gasteiger partial charge < -0.3 is 10.2 Å². The molecule has 1 aliphatic rings. The largest absolute Gasteiger partial charge is 0.347 e. The molecule has 0 aliphatic carbocycles. The number of nitrogens with zero attached hydrogens (tertiary/aromatic N) is 3. The molecule has 9 heteroatoms. The quantitative estimate of drug-likeness (QED) is 0.485. The van der Waals surface area contributed by atoms with Crippen LogP contribution in [0.2, 0.25) is 0 Å². The van der Waals surface area contributed by atoms with E-state index in [1.165, 1.54) is 19.0 Å². The van der Waals surface area contributed by atoms with Gasteiger partial charge in [-0.3, -0.25) is 24.1 Å². The number of imide groups is 2. The van der Waals surface area contributed by atoms with Crippen LogP contribution in [0, 0.1) is 0 Å². The van der Waals surface area contributed by atoms with Crippen LogP contribution in [0.4, 0.5) is 4.79 Å². The van der Waals surface area contributed by atoms with E-state index in [0.717, 1.165) is 4.90 Å². The molecular weight excluding hydrogens is 280 g/mol. The summed E-state index contributed by atoms with van der Waals surface area (Å²) in [6.45, 7) is 2.34. The molecule has 21 heavy (non-hydrogen) atoms. The van der Waals surface area contributed by atoms with Crippen molar-refractivity contribution in [1.29, 1.82) is 0 Å². The molecule has 0 bridgehead atoms. The first-order valence-corrected chi connectivity index (χ1v) is 6.32. The van der Waals surface area contributed by atoms with Gasteiger partial charge in [-0.25, -0.2) is 9.69 Å². The molecule has 1 N–H and O–H groups in total. The van der Waals surface area contributed by atoms with Gasteiger partial charge in [0.2, 0.25) is 11.8 Å². The van der Waals surface area contributed by atoms with Gasteiger partial charge in [0.05, 0.1) is 6.54 Å². The smallest absolute Gasteiger partial charge is 0.334 e. The van der Waals surface area contributed by atoms with Crippen molar-refractivity contribution in [3.8, 4) is 0 Å². The molecule has 1 aliphatic heterocycles. The lowest BCUT2D eigenvalue weighted by Crippen LogP contribution is -2.44. The van der Waals surface area contributed by atoms with E-state index in [0.29, 0.717) is 4.90 Å². The SMILES string of the molecule is CC(C)N1C(=O)C(=O)N(CC(=O)NCC(=O)N(C)C)C1=O. The molecule has 1 heterocycles. The second kappa shape index (κ2) is 6.33. The Bertz CT molecular complexity index is 500. The summed E-state index contributed by atoms with van der Waals surface area (Å²) in [6.07, 6.45) is 0. The van der Waals surface area contributed by atoms with E-state index in [9.17, 15) is 24.0 Å². The fourth-order valence-corrected chi connectivity index (χ4v) is 1.65. The summed E-state index contributed by atoms with van der Waals surface area (Å²) in [7, 11) is 3.06. The zero-order valence-corrected chi connectivity index (χ0v) is 12.4. The minimum atomic E-state index is -1.04. The van der Waals surface area contributed by atoms with Crippen LogP contribution in [0.1, 0.15) is 13.8 Å². The molecule has 0 aromatic carbocycles. The van der Waals surface area contributed by atoms with Crippen molar-refractivity contribution in [2.75, 3.05) is 27.2 Å². The number of amides is 6. The number of hydrogen-bond acceptors (Lipinski definition) is 5. The van der Waals surface area contributed by atoms with E-state index in [2.05, 4.69) is 5.32 Å². The monoisotopic (exact) mass is 298 g/mol. The van der Waals surface area contributed by atoms with Crippen LogP contribution in [0.15, 0.2) is 0 Å². The first-order valence-electron chi connectivity index (χ1n) is 6.32. The van der Waals surface area contributed by atoms with Gasteiger partial charge in [-0.05, 0) is 13.8 Å². The predicted molar refractivity (Wildman–Crippen MR) is 70.8 cm³/mol. The Balaban J connectivity index is 2.64. The molecular formula is C12H18N4O5. The van der Waals surface area contributed by atoms with E-state index in [-0.39, 0.29) is 12.5 Å². The summed E-state index contributed by atoms with van der Waals surface area (Å²) in [5, 5.41) is 2.28. The van der Waals surface area contributed by atoms with Crippen LogP contribution in [0.5, 0.6) is 0 Å². The Labute approximate surface area is 121 Å². The van der Waals surface area contributed by atoms with E-state index < -0.39 is 36.3 Å². The molecule has 0 spiro atoms. The number of carbonyl (C=O) groups excluding carboxylic acids is 5. The van der Waals surface area contributed by atoms with Crippen LogP contribution in [-0.4, -0.2) is 77.6 Å². The van der Waals surface area contributed by atoms with Gasteiger partial charge in [0.15, 0.2) is 0 Å². The highest BCUT2D eigenvalue weighted by Crippen LogP contribution is 2.14. The van der Waals surface area contributed by atoms with E-state index in [4.69, 9.17) is 0 Å². The van der Waals surface area contributed by atoms with Gasteiger partial charge in [0.1, 0.15) is 6.54 Å². The highest BCUT2D eigenvalue weighted by Gasteiger charge is 2.46. The highest BCUT2D eigenvalue weighted by molar-refractivity contribution is 6.45. The van der Waals surface area contributed by atoms with Crippen molar-refractivity contribution in [3.63, 3.8) is 0 Å². The van der Waals surface area contributed by atoms with Crippen LogP contribution < -0.4 is 5.32 Å². The number of urea groups is 1. The number of rotatable bonds is 5. The lowest BCUT2D eigenvalue weighted by atomic mass is 10.3. The zero-order valence-electron chi connectivity index (χ0n) is 12.4. The van der Waals surface area contributed by atoms with Crippen molar-refractivity contribution >= 4 is 29.7 Å². The molecule has 6 amide bonds. The average molecular weight is 298 g/mol. The summed E-state index contributed by atoms with van der Waals surface area (Å²) in [4.78, 5) is 60.8. The van der Waals surface area contributed by atoms with E-state index >= 15 is 0 Å². The van der Waals surface area contributed by atoms with Crippen LogP contribution >= 0.6 is 0 Å². The van der Waals surface area contributed by atoms with Crippen molar-refractivity contribution in [2.24, 2.45) is 0 Å². The fourth-order valence-electron chi connectivity index (χ4n) is 1.65. The maximum atomic E-state index is 11.9. The molecule has 0 atom stereocenters. The van der Waals surface area contributed by atoms with Crippen LogP contribution in [0.25, 0.3) is 0 Å². The van der Waals surface area contributed by atoms with Gasteiger partial charge in [0, 0.05) is 20.1 Å². The number of likely N-dealkylation sites (N-methyl/N-ethyl adjacent to an activating group) is 1. The summed E-state index contributed by atoms with van der Waals surface area (Å²) in [5.41, 5.74) is 0. The van der Waals surface area contributed by atoms with Gasteiger partial charge in [0.25, 0.3) is 0 Å². The standard InChI is InChI=1S/C12H18N4O5/c1-7(2)16-11(20)10(19)15(12(16)21)6-8(17)13-5-9(18)14(3)4/h7H,5-6H2,1-4H3,(H,13,17). The lowest BCUT2D eigenvalue weighted by molar-refractivity contribution is -0.144. The lowest BCUT2D eigenvalue weighted by Gasteiger charge is -2.18. The average Bonchev–Trinajstić information content (AvgIpc) is 2.59. The maximum Gasteiger partial charge on any atom is 0.334 e. The maximum absolute atomic E-state index is 11.9. The molecule has 0 saturated carbocycles. The van der Waals surface area contributed by atoms with E-state index in [1.807, 2.05) is 0 Å². The molecule has 116 valence electrons. The molecule has 1 saturated heterocycles. The van der Waals surface area contributed by atoms with E-state index in [1.54, 1.807) is 13.8 Å². The Morgan fingerprint density at radius 1 is 1.14 bits per heavy atom. The number of carbonyl (C=O) groups is 5. The molecule has 0 aromatic rings. The minimum Gasteiger partial charge on any atom is -0.347 e. The van der Waals surface area contributed by atoms with Crippen molar-refractivity contribution in [2.45, 2.75) is 19.9 Å². The third kappa shape index (κ3) is 3.56. The van der Waals surface area contributed by atoms with Crippen molar-refractivity contribution < 1.29 is 24.0 Å². The number of nitrogens with one attached hydrogen (secondary N) is 1. The molecule has 1 fully saturated rings. The molecule has 1 rings (SSSR count). The van der Waals surface area contributed by atoms with Gasteiger partial charge >= 0.3 is 17.8 Å². The summed E-state index contributed by atoms with van der Waals surface area (Å²) < 4.78 is 0. The Morgan fingerprint density at radius 3 is 2.14 bits per heavy atom. The second-order valence-electron chi connectivity index (χ2n) is 5.01. The first kappa shape index (κ1) is 16.6. The molecule has 0 unspecified atom stereocenters. The molecule has 0 aromatic heterocycles. The van der Waals surface area contributed by atoms with Crippen molar-refractivity contribution in [3.05, 3.63) is 0 Å². The van der Waals surface area contributed by atoms with Crippen LogP contribution in [0.3, 0.4) is 0 Å². The zero-order chi connectivity index (χ0) is 16.3. The molecule has 0 radical (unpaired) electrons. The van der Waals surface area contributed by atoms with Gasteiger partial charge in [-0.2, -0.15) is 0 Å². The summed E-state index contributed by atoms with van der Waals surface area (Å²) in [5.74, 6) is -3.01. The van der Waals surface area contributed by atoms with Gasteiger partial charge in [-0.1, -0.05) is 0 Å². The third-order valence-electron chi connectivity index (χ3n) is 2.84. The Hall–Kier alpha value is -2.45. The fraction of sp³-hybridized carbons (Fsp3) is 0.583. The predicted octanol–water partition coefficient (Wildman–Crippen LogP) is -1.61. The highest BCUT2D eigenvalue weighted by atomic mass is 16.2. The van der Waals surface area contributed by atoms with Crippen molar-refractivity contribution in [1.82, 2.24) is 20.0 Å². The first-order chi connectivity index (χ1) is 9.66. The third-order valence-corrected chi connectivity index (χ3v) is 2.84. The summed E-state index contributed by atoms with van der Waals surface area (Å²) in [6, 6.07) is -1.30. The number of hydrogen-bond donors (Lipinski definition) is 1. The Morgan fingerprint density at radius 2 is 1.71 bits per heavy atom. The molecule has 9 nitrogen and oxygen atoms in total.